The van der Waals surface area contributed by atoms with E-state index in [-0.39, 0.29) is 0 Å². The first-order valence-electron chi connectivity index (χ1n) is 6.07. The van der Waals surface area contributed by atoms with E-state index in [1.807, 2.05) is 0 Å². The first-order chi connectivity index (χ1) is 8.34. The molecule has 0 spiro atoms. The average molecular weight is 231 g/mol. The number of anilines is 2. The zero-order valence-corrected chi connectivity index (χ0v) is 9.76. The lowest BCUT2D eigenvalue weighted by atomic mass is 10.1. The van der Waals surface area contributed by atoms with E-state index in [9.17, 15) is 5.21 Å². The maximum absolute atomic E-state index is 9.39. The van der Waals surface area contributed by atoms with E-state index < -0.39 is 0 Å². The molecule has 2 aliphatic rings. The molecule has 2 aliphatic heterocycles. The lowest BCUT2D eigenvalue weighted by molar-refractivity contribution is -0.0935. The van der Waals surface area contributed by atoms with Gasteiger partial charge in [-0.15, -0.1) is 0 Å². The molecular weight excluding hydrogens is 214 g/mol. The second-order valence-corrected chi connectivity index (χ2v) is 4.46. The summed E-state index contributed by atoms with van der Waals surface area (Å²) in [6.07, 6.45) is 4.33. The van der Waals surface area contributed by atoms with E-state index in [0.29, 0.717) is 13.1 Å². The van der Waals surface area contributed by atoms with Crippen LogP contribution in [0.5, 0.6) is 0 Å². The molecule has 17 heavy (non-hydrogen) atoms. The van der Waals surface area contributed by atoms with E-state index in [0.717, 1.165) is 19.6 Å². The minimum Gasteiger partial charge on any atom is -0.381 e. The molecule has 1 saturated heterocycles. The van der Waals surface area contributed by atoms with Crippen LogP contribution in [0.3, 0.4) is 0 Å². The molecule has 0 atom stereocenters. The van der Waals surface area contributed by atoms with E-state index >= 15 is 0 Å². The molecule has 2 heterocycles. The quantitative estimate of drug-likeness (QED) is 0.770. The summed E-state index contributed by atoms with van der Waals surface area (Å²) in [6, 6.07) is 6.36. The standard InChI is InChI=1S/C13H17N3O/c17-16-9-7-15(8-10-16)13-5-1-4-12-11(13)3-2-6-14-12/h1-5,14,17H,6-10H2. The van der Waals surface area contributed by atoms with Gasteiger partial charge in [-0.2, -0.15) is 5.06 Å². The lowest BCUT2D eigenvalue weighted by Crippen LogP contribution is -2.45. The maximum atomic E-state index is 9.39. The van der Waals surface area contributed by atoms with Crippen LogP contribution in [0.4, 0.5) is 11.4 Å². The molecule has 1 aromatic rings. The van der Waals surface area contributed by atoms with Crippen LogP contribution in [-0.2, 0) is 0 Å². The van der Waals surface area contributed by atoms with Gasteiger partial charge in [0, 0.05) is 49.7 Å². The van der Waals surface area contributed by atoms with Crippen LogP contribution >= 0.6 is 0 Å². The largest absolute Gasteiger partial charge is 0.381 e. The summed E-state index contributed by atoms with van der Waals surface area (Å²) in [4.78, 5) is 2.34. The van der Waals surface area contributed by atoms with Crippen molar-refractivity contribution < 1.29 is 5.21 Å². The van der Waals surface area contributed by atoms with Crippen molar-refractivity contribution >= 4 is 17.5 Å². The number of hydroxylamine groups is 2. The first-order valence-corrected chi connectivity index (χ1v) is 6.07. The Morgan fingerprint density at radius 1 is 1.12 bits per heavy atom. The fourth-order valence-electron chi connectivity index (χ4n) is 2.44. The molecule has 0 amide bonds. The van der Waals surface area contributed by atoms with Crippen molar-refractivity contribution in [2.75, 3.05) is 42.9 Å². The third-order valence-corrected chi connectivity index (χ3v) is 3.37. The summed E-state index contributed by atoms with van der Waals surface area (Å²) in [6.45, 7) is 4.07. The van der Waals surface area contributed by atoms with E-state index in [2.05, 4.69) is 40.6 Å². The van der Waals surface area contributed by atoms with Crippen LogP contribution in [0.15, 0.2) is 24.3 Å². The van der Waals surface area contributed by atoms with Crippen LogP contribution in [0.2, 0.25) is 0 Å². The van der Waals surface area contributed by atoms with Crippen LogP contribution < -0.4 is 10.2 Å². The maximum Gasteiger partial charge on any atom is 0.0461 e. The molecule has 0 saturated carbocycles. The number of hydrogen-bond acceptors (Lipinski definition) is 4. The molecule has 1 fully saturated rings. The van der Waals surface area contributed by atoms with Crippen molar-refractivity contribution in [2.24, 2.45) is 0 Å². The monoisotopic (exact) mass is 231 g/mol. The Balaban J connectivity index is 1.91. The van der Waals surface area contributed by atoms with Gasteiger partial charge >= 0.3 is 0 Å². The van der Waals surface area contributed by atoms with Gasteiger partial charge in [0.25, 0.3) is 0 Å². The highest BCUT2D eigenvalue weighted by molar-refractivity contribution is 5.80. The summed E-state index contributed by atoms with van der Waals surface area (Å²) >= 11 is 0. The third-order valence-electron chi connectivity index (χ3n) is 3.37. The SMILES string of the molecule is ON1CCN(c2cccc3c2C=CCN3)CC1. The smallest absolute Gasteiger partial charge is 0.0461 e. The highest BCUT2D eigenvalue weighted by Crippen LogP contribution is 2.31. The first kappa shape index (κ1) is 10.6. The van der Waals surface area contributed by atoms with Gasteiger partial charge in [-0.3, -0.25) is 0 Å². The van der Waals surface area contributed by atoms with Crippen LogP contribution in [0, 0.1) is 0 Å². The second kappa shape index (κ2) is 4.39. The Bertz CT molecular complexity index is 436. The molecule has 0 aromatic heterocycles. The van der Waals surface area contributed by atoms with Crippen molar-refractivity contribution in [1.82, 2.24) is 5.06 Å². The minimum atomic E-state index is 0.709. The summed E-state index contributed by atoms with van der Waals surface area (Å²) in [5.74, 6) is 0. The molecule has 0 aliphatic carbocycles. The molecule has 0 radical (unpaired) electrons. The topological polar surface area (TPSA) is 38.7 Å². The fourth-order valence-corrected chi connectivity index (χ4v) is 2.44. The highest BCUT2D eigenvalue weighted by Gasteiger charge is 2.19. The lowest BCUT2D eigenvalue weighted by Gasteiger charge is -2.34. The molecule has 3 rings (SSSR count). The summed E-state index contributed by atoms with van der Waals surface area (Å²) in [5.41, 5.74) is 3.74. The number of nitrogens with one attached hydrogen (secondary N) is 1. The van der Waals surface area contributed by atoms with E-state index in [1.54, 1.807) is 0 Å². The Labute approximate surface area is 101 Å². The Morgan fingerprint density at radius 2 is 1.94 bits per heavy atom. The van der Waals surface area contributed by atoms with Crippen LogP contribution in [0.1, 0.15) is 5.56 Å². The van der Waals surface area contributed by atoms with Crippen molar-refractivity contribution in [3.05, 3.63) is 29.8 Å². The van der Waals surface area contributed by atoms with Gasteiger partial charge in [-0.25, -0.2) is 0 Å². The van der Waals surface area contributed by atoms with Crippen LogP contribution in [0.25, 0.3) is 6.08 Å². The molecule has 0 unspecified atom stereocenters. The van der Waals surface area contributed by atoms with Crippen LogP contribution in [-0.4, -0.2) is 43.0 Å². The van der Waals surface area contributed by atoms with Gasteiger partial charge in [0.05, 0.1) is 0 Å². The summed E-state index contributed by atoms with van der Waals surface area (Å²) < 4.78 is 0. The molecule has 2 N–H and O–H groups in total. The number of nitrogens with zero attached hydrogens (tertiary/aromatic N) is 2. The van der Waals surface area contributed by atoms with Gasteiger partial charge in [0.15, 0.2) is 0 Å². The fraction of sp³-hybridized carbons (Fsp3) is 0.385. The average Bonchev–Trinajstić information content (AvgIpc) is 2.39. The Morgan fingerprint density at radius 3 is 2.76 bits per heavy atom. The summed E-state index contributed by atoms with van der Waals surface area (Å²) in [5, 5.41) is 14.2. The number of rotatable bonds is 1. The predicted octanol–water partition coefficient (Wildman–Crippen LogP) is 1.64. The van der Waals surface area contributed by atoms with Crippen molar-refractivity contribution in [1.29, 1.82) is 0 Å². The van der Waals surface area contributed by atoms with Crippen molar-refractivity contribution in [3.8, 4) is 0 Å². The second-order valence-electron chi connectivity index (χ2n) is 4.46. The van der Waals surface area contributed by atoms with Gasteiger partial charge < -0.3 is 15.4 Å². The highest BCUT2D eigenvalue weighted by atomic mass is 16.5. The molecule has 4 heteroatoms. The number of fused-ring (bicyclic) bond motifs is 1. The third kappa shape index (κ3) is 2.01. The Kier molecular flexibility index (Phi) is 2.74. The molecule has 0 bridgehead atoms. The number of piperazine rings is 1. The summed E-state index contributed by atoms with van der Waals surface area (Å²) in [7, 11) is 0. The molecular formula is C13H17N3O. The zero-order chi connectivity index (χ0) is 11.7. The number of hydrogen-bond donors (Lipinski definition) is 2. The molecule has 4 nitrogen and oxygen atoms in total. The van der Waals surface area contributed by atoms with E-state index in [4.69, 9.17) is 0 Å². The normalized spacial score (nSPS) is 19.9. The van der Waals surface area contributed by atoms with Crippen molar-refractivity contribution in [2.45, 2.75) is 0 Å². The van der Waals surface area contributed by atoms with Gasteiger partial charge in [0.2, 0.25) is 0 Å². The Hall–Kier alpha value is -1.52. The molecule has 90 valence electrons. The van der Waals surface area contributed by atoms with Gasteiger partial charge in [-0.05, 0) is 12.1 Å². The minimum absolute atomic E-state index is 0.709. The van der Waals surface area contributed by atoms with Gasteiger partial charge in [0.1, 0.15) is 0 Å². The zero-order valence-electron chi connectivity index (χ0n) is 9.76. The van der Waals surface area contributed by atoms with Crippen molar-refractivity contribution in [3.63, 3.8) is 0 Å². The van der Waals surface area contributed by atoms with E-state index in [1.165, 1.54) is 22.0 Å². The van der Waals surface area contributed by atoms with Gasteiger partial charge in [-0.1, -0.05) is 18.2 Å². The predicted molar refractivity (Wildman–Crippen MR) is 69.5 cm³/mol. The number of benzene rings is 1. The molecule has 1 aromatic carbocycles.